The van der Waals surface area contributed by atoms with Crippen LogP contribution in [0.4, 0.5) is 0 Å². The van der Waals surface area contributed by atoms with Crippen molar-refractivity contribution >= 4 is 0 Å². The van der Waals surface area contributed by atoms with Gasteiger partial charge in [-0.05, 0) is 0 Å². The molecule has 0 aliphatic heterocycles. The van der Waals surface area contributed by atoms with Crippen LogP contribution in [0.2, 0.25) is 0 Å². The average molecular weight is 335 g/mol. The third-order valence-corrected chi connectivity index (χ3v) is 1.22. The maximum Gasteiger partial charge on any atom is 0.00506 e. The van der Waals surface area contributed by atoms with E-state index in [0.717, 1.165) is 0 Å². The Balaban J connectivity index is 0.000000189. The third-order valence-electron chi connectivity index (χ3n) is 1.22. The van der Waals surface area contributed by atoms with Gasteiger partial charge in [-0.25, -0.2) is 0 Å². The van der Waals surface area contributed by atoms with E-state index in [1.54, 1.807) is 0 Å². The van der Waals surface area contributed by atoms with Gasteiger partial charge in [-0.1, -0.05) is 60.7 Å². The van der Waals surface area contributed by atoms with Gasteiger partial charge < -0.3 is 0 Å². The van der Waals surface area contributed by atoms with Crippen LogP contribution in [-0.4, -0.2) is 0 Å². The first-order valence-corrected chi connectivity index (χ1v) is 3.67. The Morgan fingerprint density at radius 3 is 0.917 bits per heavy atom. The molecule has 64 valence electrons. The topological polar surface area (TPSA) is 0 Å². The molecule has 0 heterocycles. The molecule has 12 heavy (non-hydrogen) atoms. The molecule has 0 aromatic heterocycles. The first kappa shape index (κ1) is 11.3. The summed E-state index contributed by atoms with van der Waals surface area (Å²) in [5, 5.41) is 0. The summed E-state index contributed by atoms with van der Waals surface area (Å²) in [6.07, 6.45) is 10.0. The van der Waals surface area contributed by atoms with Crippen molar-refractivity contribution in [3.8, 4) is 0 Å². The van der Waals surface area contributed by atoms with Crippen LogP contribution < -0.4 is 0 Å². The van der Waals surface area contributed by atoms with E-state index in [1.165, 1.54) is 0 Å². The Morgan fingerprint density at radius 1 is 0.417 bits per heavy atom. The van der Waals surface area contributed by atoms with Crippen LogP contribution >= 0.6 is 0 Å². The van der Waals surface area contributed by atoms with E-state index in [9.17, 15) is 0 Å². The van der Waals surface area contributed by atoms with Crippen LogP contribution in [-0.2, 0) is 20.1 Å². The fourth-order valence-corrected chi connectivity index (χ4v) is 0.706. The average Bonchev–Trinajstić information content (AvgIpc) is 2.64. The third kappa shape index (κ3) is 6.09. The zero-order chi connectivity index (χ0) is 7.78. The summed E-state index contributed by atoms with van der Waals surface area (Å²) >= 11 is 0. The smallest absolute Gasteiger partial charge is 0.00506 e. The summed E-state index contributed by atoms with van der Waals surface area (Å²) in [6.45, 7) is 0. The van der Waals surface area contributed by atoms with Crippen LogP contribution in [0, 0.1) is 6.42 Å². The fraction of sp³-hybridized carbons (Fsp3) is 0. The molecule has 0 atom stereocenters. The van der Waals surface area contributed by atoms with E-state index in [-0.39, 0.29) is 20.1 Å². The van der Waals surface area contributed by atoms with E-state index in [0.29, 0.717) is 0 Å². The monoisotopic (exact) mass is 336 g/mol. The predicted molar refractivity (Wildman–Crippen MR) is 49.0 cm³/mol. The first-order valence-electron chi connectivity index (χ1n) is 3.67. The molecule has 1 aliphatic carbocycles. The quantitative estimate of drug-likeness (QED) is 0.684. The molecule has 0 saturated carbocycles. The van der Waals surface area contributed by atoms with E-state index in [2.05, 4.69) is 0 Å². The summed E-state index contributed by atoms with van der Waals surface area (Å²) in [6, 6.07) is 12.0. The van der Waals surface area contributed by atoms with Crippen molar-refractivity contribution in [3.05, 3.63) is 67.1 Å². The van der Waals surface area contributed by atoms with Gasteiger partial charge in [-0.2, -0.15) is 0 Å². The van der Waals surface area contributed by atoms with E-state index in [4.69, 9.17) is 0 Å². The molecule has 0 fully saturated rings. The van der Waals surface area contributed by atoms with Crippen molar-refractivity contribution in [1.29, 1.82) is 0 Å². The number of rotatable bonds is 0. The second-order valence-electron chi connectivity index (χ2n) is 2.12. The van der Waals surface area contributed by atoms with Crippen molar-refractivity contribution in [3.63, 3.8) is 0 Å². The molecule has 0 amide bonds. The van der Waals surface area contributed by atoms with E-state index >= 15 is 0 Å². The van der Waals surface area contributed by atoms with Gasteiger partial charge in [0.2, 0.25) is 0 Å². The maximum atomic E-state index is 2.00. The fourth-order valence-electron chi connectivity index (χ4n) is 0.706. The molecule has 1 aromatic carbocycles. The van der Waals surface area contributed by atoms with Gasteiger partial charge in [0.1, 0.15) is 0 Å². The standard InChI is InChI=1S/C6H6.C5H5.Ir/c1-2-4-6-5-3-1;1-2-4-5-3-1;/h1-6H;1-5H;. The van der Waals surface area contributed by atoms with Crippen LogP contribution in [0.25, 0.3) is 0 Å². The van der Waals surface area contributed by atoms with Crippen molar-refractivity contribution in [2.45, 2.75) is 0 Å². The summed E-state index contributed by atoms with van der Waals surface area (Å²) in [4.78, 5) is 0. The second kappa shape index (κ2) is 8.45. The predicted octanol–water partition coefficient (Wildman–Crippen LogP) is 3.00. The van der Waals surface area contributed by atoms with Crippen molar-refractivity contribution in [1.82, 2.24) is 0 Å². The van der Waals surface area contributed by atoms with Crippen LogP contribution in [0.3, 0.4) is 0 Å². The summed E-state index contributed by atoms with van der Waals surface area (Å²) in [5.41, 5.74) is 0. The molecule has 1 heteroatoms. The van der Waals surface area contributed by atoms with Gasteiger partial charge >= 0.3 is 0 Å². The zero-order valence-corrected chi connectivity index (χ0v) is 9.08. The normalized spacial score (nSPS) is 11.3. The minimum Gasteiger partial charge on any atom is -0.0767 e. The Labute approximate surface area is 87.4 Å². The molecule has 0 N–H and O–H groups in total. The summed E-state index contributed by atoms with van der Waals surface area (Å²) < 4.78 is 0. The molecule has 1 aliphatic rings. The van der Waals surface area contributed by atoms with Gasteiger partial charge in [0, 0.05) is 26.5 Å². The Kier molecular flexibility index (Phi) is 7.99. The Bertz CT molecular complexity index is 187. The maximum absolute atomic E-state index is 2.00. The Morgan fingerprint density at radius 2 is 0.750 bits per heavy atom. The minimum absolute atomic E-state index is 0. The number of benzene rings is 1. The molecule has 0 bridgehead atoms. The summed E-state index contributed by atoms with van der Waals surface area (Å²) in [5.74, 6) is 0. The van der Waals surface area contributed by atoms with Crippen LogP contribution in [0.1, 0.15) is 0 Å². The molecule has 0 unspecified atom stereocenters. The molecular weight excluding hydrogens is 324 g/mol. The van der Waals surface area contributed by atoms with Gasteiger partial charge in [0.05, 0.1) is 0 Å². The molecule has 0 nitrogen and oxygen atoms in total. The SMILES string of the molecule is [CH]1C=CC=C1.[Ir].c1ccccc1. The Hall–Kier alpha value is -0.651. The molecule has 2 radical (unpaired) electrons. The van der Waals surface area contributed by atoms with Gasteiger partial charge in [-0.15, -0.1) is 0 Å². The number of hydrogen-bond donors (Lipinski definition) is 0. The van der Waals surface area contributed by atoms with E-state index < -0.39 is 0 Å². The van der Waals surface area contributed by atoms with Gasteiger partial charge in [0.15, 0.2) is 0 Å². The molecular formula is C11H11Ir. The number of allylic oxidation sites excluding steroid dienone is 4. The number of hydrogen-bond acceptors (Lipinski definition) is 0. The summed E-state index contributed by atoms with van der Waals surface area (Å²) in [7, 11) is 0. The van der Waals surface area contributed by atoms with Crippen molar-refractivity contribution in [2.75, 3.05) is 0 Å². The van der Waals surface area contributed by atoms with Crippen LogP contribution in [0.5, 0.6) is 0 Å². The first-order chi connectivity index (χ1) is 5.50. The van der Waals surface area contributed by atoms with E-state index in [1.807, 2.05) is 67.1 Å². The van der Waals surface area contributed by atoms with Crippen LogP contribution in [0.15, 0.2) is 60.7 Å². The van der Waals surface area contributed by atoms with Gasteiger partial charge in [-0.3, -0.25) is 0 Å². The zero-order valence-electron chi connectivity index (χ0n) is 6.68. The molecule has 0 saturated heterocycles. The van der Waals surface area contributed by atoms with Crippen molar-refractivity contribution < 1.29 is 20.1 Å². The minimum atomic E-state index is 0. The molecule has 0 spiro atoms. The second-order valence-corrected chi connectivity index (χ2v) is 2.12. The molecule has 2 rings (SSSR count). The molecule has 1 aromatic rings. The largest absolute Gasteiger partial charge is 0.0767 e. The van der Waals surface area contributed by atoms with Crippen molar-refractivity contribution in [2.24, 2.45) is 0 Å². The van der Waals surface area contributed by atoms with Gasteiger partial charge in [0.25, 0.3) is 0 Å².